The number of carbonyl (C=O) groups is 2. The zero-order valence-corrected chi connectivity index (χ0v) is 25.1. The molecule has 0 radical (unpaired) electrons. The first-order valence-corrected chi connectivity index (χ1v) is 15.1. The van der Waals surface area contributed by atoms with Gasteiger partial charge in [0.05, 0.1) is 21.3 Å². The molecule has 2 amide bonds. The maximum Gasteiger partial charge on any atom is 0.435 e. The topological polar surface area (TPSA) is 88.9 Å². The van der Waals surface area contributed by atoms with E-state index in [1.807, 2.05) is 0 Å². The number of rotatable bonds is 11. The number of aromatic nitrogens is 3. The maximum absolute atomic E-state index is 13.6. The largest absolute Gasteiger partial charge is 0.435 e. The Hall–Kier alpha value is -3.28. The van der Waals surface area contributed by atoms with Gasteiger partial charge in [-0.05, 0) is 36.4 Å². The quantitative estimate of drug-likeness (QED) is 0.162. The summed E-state index contributed by atoms with van der Waals surface area (Å²) < 4.78 is 41.6. The summed E-state index contributed by atoms with van der Waals surface area (Å²) in [5, 5.41) is 10.7. The fourth-order valence-electron chi connectivity index (χ4n) is 4.37. The average Bonchev–Trinajstić information content (AvgIpc) is 3.42. The molecule has 7 nitrogen and oxygen atoms in total. The molecule has 0 saturated heterocycles. The van der Waals surface area contributed by atoms with Gasteiger partial charge in [0.25, 0.3) is 11.8 Å². The SMILES string of the molecule is CCCC(CC)SCCNC(=O)c1cc2ccccc2c(Cl)c1NC(=O)c1cc(C(F)(F)F)nn1-c1ncccc1Cl. The van der Waals surface area contributed by atoms with Gasteiger partial charge in [0.1, 0.15) is 5.69 Å². The number of nitrogens with zero attached hydrogens (tertiary/aromatic N) is 3. The summed E-state index contributed by atoms with van der Waals surface area (Å²) in [6.45, 7) is 4.64. The second-order valence-corrected chi connectivity index (χ2v) is 11.6. The third-order valence-corrected chi connectivity index (χ3v) is 8.62. The van der Waals surface area contributed by atoms with Gasteiger partial charge >= 0.3 is 6.18 Å². The summed E-state index contributed by atoms with van der Waals surface area (Å²) in [6, 6.07) is 12.1. The van der Waals surface area contributed by atoms with Crippen LogP contribution in [0.5, 0.6) is 0 Å². The van der Waals surface area contributed by atoms with Crippen LogP contribution in [-0.4, -0.2) is 44.1 Å². The van der Waals surface area contributed by atoms with E-state index in [1.54, 1.807) is 42.1 Å². The molecule has 4 aromatic rings. The minimum absolute atomic E-state index is 0.0192. The molecule has 2 aromatic heterocycles. The van der Waals surface area contributed by atoms with Crippen molar-refractivity contribution in [2.75, 3.05) is 17.6 Å². The number of pyridine rings is 1. The molecular weight excluding hydrogens is 610 g/mol. The van der Waals surface area contributed by atoms with E-state index < -0.39 is 29.4 Å². The summed E-state index contributed by atoms with van der Waals surface area (Å²) in [6.07, 6.45) is -0.351. The second-order valence-electron chi connectivity index (χ2n) is 9.37. The van der Waals surface area contributed by atoms with E-state index in [4.69, 9.17) is 23.2 Å². The van der Waals surface area contributed by atoms with Crippen molar-refractivity contribution in [3.8, 4) is 5.82 Å². The van der Waals surface area contributed by atoms with Crippen LogP contribution in [-0.2, 0) is 6.18 Å². The van der Waals surface area contributed by atoms with Gasteiger partial charge in [-0.15, -0.1) is 0 Å². The van der Waals surface area contributed by atoms with Gasteiger partial charge in [0.15, 0.2) is 11.5 Å². The molecule has 0 bridgehead atoms. The molecule has 13 heteroatoms. The standard InChI is InChI=1S/C29H28Cl2F3N5O2S/c1-3-8-18(4-2)42-14-13-36-27(40)20-15-17-9-5-6-10-19(17)24(31)25(20)37-28(41)22-16-23(29(32,33)34)38-39(22)26-21(30)11-7-12-35-26/h5-7,9-12,15-16,18H,3-4,8,13-14H2,1-2H3,(H,36,40)(H,37,41). The maximum atomic E-state index is 13.6. The fourth-order valence-corrected chi connectivity index (χ4v) is 6.08. The van der Waals surface area contributed by atoms with Gasteiger partial charge in [-0.25, -0.2) is 9.67 Å². The van der Waals surface area contributed by atoms with Gasteiger partial charge in [-0.1, -0.05) is 67.7 Å². The summed E-state index contributed by atoms with van der Waals surface area (Å²) in [7, 11) is 0. The van der Waals surface area contributed by atoms with Gasteiger partial charge in [-0.2, -0.15) is 30.0 Å². The van der Waals surface area contributed by atoms with Crippen molar-refractivity contribution in [1.29, 1.82) is 0 Å². The molecule has 0 fully saturated rings. The van der Waals surface area contributed by atoms with Crippen LogP contribution in [0, 0.1) is 0 Å². The predicted octanol–water partition coefficient (Wildman–Crippen LogP) is 8.04. The monoisotopic (exact) mass is 637 g/mol. The van der Waals surface area contributed by atoms with Crippen molar-refractivity contribution in [1.82, 2.24) is 20.1 Å². The highest BCUT2D eigenvalue weighted by Crippen LogP contribution is 2.36. The number of nitrogens with one attached hydrogen (secondary N) is 2. The number of alkyl halides is 3. The number of benzene rings is 2. The number of hydrogen-bond donors (Lipinski definition) is 2. The average molecular weight is 639 g/mol. The van der Waals surface area contributed by atoms with Gasteiger partial charge in [-0.3, -0.25) is 9.59 Å². The van der Waals surface area contributed by atoms with Crippen LogP contribution >= 0.6 is 35.0 Å². The Morgan fingerprint density at radius 3 is 2.52 bits per heavy atom. The lowest BCUT2D eigenvalue weighted by Crippen LogP contribution is -2.28. The number of anilines is 1. The minimum atomic E-state index is -4.85. The number of fused-ring (bicyclic) bond motifs is 1. The highest BCUT2D eigenvalue weighted by molar-refractivity contribution is 7.99. The highest BCUT2D eigenvalue weighted by Gasteiger charge is 2.37. The predicted molar refractivity (Wildman–Crippen MR) is 162 cm³/mol. The lowest BCUT2D eigenvalue weighted by atomic mass is 10.0. The molecule has 0 aliphatic carbocycles. The van der Waals surface area contributed by atoms with Crippen LogP contribution < -0.4 is 10.6 Å². The Kier molecular flexibility index (Phi) is 10.4. The van der Waals surface area contributed by atoms with E-state index in [1.165, 1.54) is 18.3 Å². The van der Waals surface area contributed by atoms with Crippen molar-refractivity contribution in [3.05, 3.63) is 81.7 Å². The van der Waals surface area contributed by atoms with E-state index >= 15 is 0 Å². The number of halogens is 5. The lowest BCUT2D eigenvalue weighted by Gasteiger charge is -2.17. The van der Waals surface area contributed by atoms with Gasteiger partial charge < -0.3 is 10.6 Å². The first-order chi connectivity index (χ1) is 20.0. The van der Waals surface area contributed by atoms with Crippen LogP contribution in [0.15, 0.2) is 54.7 Å². The molecule has 222 valence electrons. The highest BCUT2D eigenvalue weighted by atomic mass is 35.5. The van der Waals surface area contributed by atoms with E-state index in [0.29, 0.717) is 39.1 Å². The van der Waals surface area contributed by atoms with E-state index in [-0.39, 0.29) is 27.1 Å². The van der Waals surface area contributed by atoms with E-state index in [2.05, 4.69) is 34.6 Å². The third kappa shape index (κ3) is 7.19. The van der Waals surface area contributed by atoms with Crippen molar-refractivity contribution < 1.29 is 22.8 Å². The summed E-state index contributed by atoms with van der Waals surface area (Å²) >= 11 is 14.7. The third-order valence-electron chi connectivity index (χ3n) is 6.45. The number of carbonyl (C=O) groups excluding carboxylic acids is 2. The molecule has 2 heterocycles. The van der Waals surface area contributed by atoms with E-state index in [0.717, 1.165) is 19.3 Å². The van der Waals surface area contributed by atoms with Crippen molar-refractivity contribution in [2.24, 2.45) is 0 Å². The Bertz CT molecular complexity index is 1600. The zero-order valence-electron chi connectivity index (χ0n) is 22.8. The Balaban J connectivity index is 1.69. The second kappa shape index (κ2) is 13.8. The minimum Gasteiger partial charge on any atom is -0.351 e. The van der Waals surface area contributed by atoms with Crippen LogP contribution in [0.4, 0.5) is 18.9 Å². The van der Waals surface area contributed by atoms with Gasteiger partial charge in [0.2, 0.25) is 0 Å². The number of amides is 2. The lowest BCUT2D eigenvalue weighted by molar-refractivity contribution is -0.141. The Morgan fingerprint density at radius 2 is 1.83 bits per heavy atom. The smallest absolute Gasteiger partial charge is 0.351 e. The first kappa shape index (κ1) is 31.7. The molecular formula is C29H28Cl2F3N5O2S. The molecule has 1 atom stereocenters. The van der Waals surface area contributed by atoms with Crippen LogP contribution in [0.3, 0.4) is 0 Å². The normalized spacial score (nSPS) is 12.4. The van der Waals surface area contributed by atoms with Crippen molar-refractivity contribution >= 4 is 63.2 Å². The Labute approximate surface area is 255 Å². The first-order valence-electron chi connectivity index (χ1n) is 13.3. The van der Waals surface area contributed by atoms with Crippen LogP contribution in [0.2, 0.25) is 10.0 Å². The molecule has 0 aliphatic heterocycles. The molecule has 0 spiro atoms. The molecule has 42 heavy (non-hydrogen) atoms. The molecule has 2 N–H and O–H groups in total. The van der Waals surface area contributed by atoms with Crippen LogP contribution in [0.1, 0.15) is 59.7 Å². The molecule has 2 aromatic carbocycles. The number of hydrogen-bond acceptors (Lipinski definition) is 5. The van der Waals surface area contributed by atoms with Crippen molar-refractivity contribution in [2.45, 2.75) is 44.5 Å². The molecule has 0 saturated carbocycles. The van der Waals surface area contributed by atoms with Crippen molar-refractivity contribution in [3.63, 3.8) is 0 Å². The molecule has 0 aliphatic rings. The van der Waals surface area contributed by atoms with E-state index in [9.17, 15) is 22.8 Å². The Morgan fingerprint density at radius 1 is 1.07 bits per heavy atom. The summed E-state index contributed by atoms with van der Waals surface area (Å²) in [5.74, 6) is -0.961. The molecule has 1 unspecified atom stereocenters. The fraction of sp³-hybridized carbons (Fsp3) is 0.310. The van der Waals surface area contributed by atoms with Crippen LogP contribution in [0.25, 0.3) is 16.6 Å². The zero-order chi connectivity index (χ0) is 30.4. The summed E-state index contributed by atoms with van der Waals surface area (Å²) in [5.41, 5.74) is -1.80. The van der Waals surface area contributed by atoms with Gasteiger partial charge in [0, 0.05) is 35.2 Å². The summed E-state index contributed by atoms with van der Waals surface area (Å²) in [4.78, 5) is 30.9. The molecule has 4 rings (SSSR count). The number of thioether (sulfide) groups is 1.